The highest BCUT2D eigenvalue weighted by molar-refractivity contribution is 6.31. The summed E-state index contributed by atoms with van der Waals surface area (Å²) in [7, 11) is 0. The van der Waals surface area contributed by atoms with Crippen LogP contribution in [0.25, 0.3) is 0 Å². The molecule has 0 spiro atoms. The predicted molar refractivity (Wildman–Crippen MR) is 39.0 cm³/mol. The zero-order valence-corrected chi connectivity index (χ0v) is 6.07. The fourth-order valence-electron chi connectivity index (χ4n) is 0.386. The average molecular weight is 131 g/mol. The summed E-state index contributed by atoms with van der Waals surface area (Å²) in [6.07, 6.45) is 3.59. The van der Waals surface area contributed by atoms with Crippen LogP contribution in [0.5, 0.6) is 0 Å². The Balaban J connectivity index is 3.74. The third-order valence-electron chi connectivity index (χ3n) is 0.688. The van der Waals surface area contributed by atoms with Crippen LogP contribution in [0.3, 0.4) is 0 Å². The molecular weight excluding hydrogens is 120 g/mol. The topological polar surface area (TPSA) is 0 Å². The first kappa shape index (κ1) is 7.77. The van der Waals surface area contributed by atoms with Crippen molar-refractivity contribution in [2.45, 2.75) is 13.8 Å². The Bertz CT molecular complexity index is 101. The first-order valence-electron chi connectivity index (χ1n) is 2.66. The van der Waals surface area contributed by atoms with Gasteiger partial charge in [0.05, 0.1) is 0 Å². The molecule has 0 aliphatic rings. The number of hydrogen-bond donors (Lipinski definition) is 0. The summed E-state index contributed by atoms with van der Waals surface area (Å²) in [6, 6.07) is 0. The van der Waals surface area contributed by atoms with E-state index < -0.39 is 0 Å². The summed E-state index contributed by atoms with van der Waals surface area (Å²) in [5.41, 5.74) is 0. The van der Waals surface area contributed by atoms with E-state index in [2.05, 4.69) is 20.4 Å². The lowest BCUT2D eigenvalue weighted by Gasteiger charge is -1.92. The fraction of sp³-hybridized carbons (Fsp3) is 0.429. The average Bonchev–Trinajstić information content (AvgIpc) is 1.65. The molecule has 0 saturated heterocycles. The summed E-state index contributed by atoms with van der Waals surface area (Å²) in [5.74, 6) is 0.514. The van der Waals surface area contributed by atoms with E-state index in [1.807, 2.05) is 6.08 Å². The van der Waals surface area contributed by atoms with Crippen molar-refractivity contribution in [1.82, 2.24) is 0 Å². The van der Waals surface area contributed by atoms with Crippen molar-refractivity contribution in [1.29, 1.82) is 0 Å². The first-order chi connectivity index (χ1) is 3.66. The fourth-order valence-corrected chi connectivity index (χ4v) is 0.638. The molecule has 0 aliphatic heterocycles. The van der Waals surface area contributed by atoms with Gasteiger partial charge < -0.3 is 0 Å². The Morgan fingerprint density at radius 3 is 2.25 bits per heavy atom. The lowest BCUT2D eigenvalue weighted by Crippen LogP contribution is -1.77. The Labute approximate surface area is 55.9 Å². The standard InChI is InChI=1S/C7H11Cl/c1-4-7(8)5-6(2)3/h4-6H,1H2,2-3H3. The molecule has 0 radical (unpaired) electrons. The summed E-state index contributed by atoms with van der Waals surface area (Å²) in [4.78, 5) is 0. The minimum Gasteiger partial charge on any atom is -0.0976 e. The van der Waals surface area contributed by atoms with Crippen molar-refractivity contribution in [3.8, 4) is 0 Å². The normalized spacial score (nSPS) is 12.2. The lowest BCUT2D eigenvalue weighted by molar-refractivity contribution is 0.830. The molecule has 0 rings (SSSR count). The maximum Gasteiger partial charge on any atom is 0.0362 e. The molecule has 0 N–H and O–H groups in total. The van der Waals surface area contributed by atoms with E-state index in [0.29, 0.717) is 5.92 Å². The molecule has 0 bridgehead atoms. The highest BCUT2D eigenvalue weighted by Crippen LogP contribution is 2.06. The van der Waals surface area contributed by atoms with E-state index in [9.17, 15) is 0 Å². The van der Waals surface area contributed by atoms with Gasteiger partial charge in [-0.25, -0.2) is 0 Å². The maximum atomic E-state index is 5.60. The number of halogens is 1. The minimum atomic E-state index is 0.514. The molecule has 0 saturated carbocycles. The molecule has 46 valence electrons. The smallest absolute Gasteiger partial charge is 0.0362 e. The van der Waals surface area contributed by atoms with Gasteiger partial charge in [0.15, 0.2) is 0 Å². The third kappa shape index (κ3) is 3.94. The van der Waals surface area contributed by atoms with Gasteiger partial charge in [0.1, 0.15) is 0 Å². The van der Waals surface area contributed by atoms with Gasteiger partial charge in [0.25, 0.3) is 0 Å². The van der Waals surface area contributed by atoms with Crippen molar-refractivity contribution in [2.75, 3.05) is 0 Å². The molecule has 0 heterocycles. The van der Waals surface area contributed by atoms with E-state index in [1.54, 1.807) is 6.08 Å². The summed E-state index contributed by atoms with van der Waals surface area (Å²) < 4.78 is 0. The zero-order valence-electron chi connectivity index (χ0n) is 5.32. The molecule has 0 aromatic carbocycles. The Morgan fingerprint density at radius 2 is 2.12 bits per heavy atom. The molecule has 0 atom stereocenters. The zero-order chi connectivity index (χ0) is 6.57. The number of allylic oxidation sites excluding steroid dienone is 3. The van der Waals surface area contributed by atoms with Crippen molar-refractivity contribution in [3.63, 3.8) is 0 Å². The van der Waals surface area contributed by atoms with Crippen LogP contribution in [0.15, 0.2) is 23.8 Å². The molecule has 0 unspecified atom stereocenters. The van der Waals surface area contributed by atoms with E-state index >= 15 is 0 Å². The molecule has 0 aromatic heterocycles. The van der Waals surface area contributed by atoms with Gasteiger partial charge in [0, 0.05) is 5.03 Å². The minimum absolute atomic E-state index is 0.514. The van der Waals surface area contributed by atoms with Crippen LogP contribution in [0.2, 0.25) is 0 Å². The molecular formula is C7H11Cl. The second-order valence-electron chi connectivity index (χ2n) is 2.00. The van der Waals surface area contributed by atoms with Gasteiger partial charge >= 0.3 is 0 Å². The third-order valence-corrected chi connectivity index (χ3v) is 0.968. The number of rotatable bonds is 2. The summed E-state index contributed by atoms with van der Waals surface area (Å²) >= 11 is 5.60. The summed E-state index contributed by atoms with van der Waals surface area (Å²) in [5, 5.41) is 0.736. The van der Waals surface area contributed by atoms with Crippen LogP contribution < -0.4 is 0 Å². The van der Waals surface area contributed by atoms with Crippen LogP contribution in [0.4, 0.5) is 0 Å². The van der Waals surface area contributed by atoms with Crippen LogP contribution in [0, 0.1) is 5.92 Å². The molecule has 0 fully saturated rings. The molecule has 0 aliphatic carbocycles. The predicted octanol–water partition coefficient (Wildman–Crippen LogP) is 2.95. The van der Waals surface area contributed by atoms with Crippen molar-refractivity contribution < 1.29 is 0 Å². The largest absolute Gasteiger partial charge is 0.0976 e. The van der Waals surface area contributed by atoms with Crippen LogP contribution in [-0.4, -0.2) is 0 Å². The maximum absolute atomic E-state index is 5.60. The van der Waals surface area contributed by atoms with Gasteiger partial charge in [-0.3, -0.25) is 0 Å². The Kier molecular flexibility index (Phi) is 3.63. The van der Waals surface area contributed by atoms with Crippen molar-refractivity contribution in [2.24, 2.45) is 5.92 Å². The molecule has 0 aromatic rings. The van der Waals surface area contributed by atoms with Gasteiger partial charge in [-0.15, -0.1) is 0 Å². The second kappa shape index (κ2) is 3.73. The molecule has 1 heteroatoms. The number of hydrogen-bond acceptors (Lipinski definition) is 0. The second-order valence-corrected chi connectivity index (χ2v) is 2.44. The van der Waals surface area contributed by atoms with Crippen LogP contribution >= 0.6 is 11.6 Å². The van der Waals surface area contributed by atoms with Crippen LogP contribution in [0.1, 0.15) is 13.8 Å². The van der Waals surface area contributed by atoms with E-state index in [0.717, 1.165) is 5.03 Å². The molecule has 0 nitrogen and oxygen atoms in total. The summed E-state index contributed by atoms with van der Waals surface area (Å²) in [6.45, 7) is 7.66. The van der Waals surface area contributed by atoms with Crippen LogP contribution in [-0.2, 0) is 0 Å². The van der Waals surface area contributed by atoms with Gasteiger partial charge in [0.2, 0.25) is 0 Å². The van der Waals surface area contributed by atoms with E-state index in [-0.39, 0.29) is 0 Å². The van der Waals surface area contributed by atoms with Crippen molar-refractivity contribution >= 4 is 11.6 Å². The molecule has 0 amide bonds. The SMILES string of the molecule is C=CC(Cl)=CC(C)C. The quantitative estimate of drug-likeness (QED) is 0.505. The van der Waals surface area contributed by atoms with Gasteiger partial charge in [-0.05, 0) is 5.92 Å². The van der Waals surface area contributed by atoms with Crippen molar-refractivity contribution in [3.05, 3.63) is 23.8 Å². The highest BCUT2D eigenvalue weighted by atomic mass is 35.5. The van der Waals surface area contributed by atoms with Gasteiger partial charge in [-0.2, -0.15) is 0 Å². The Morgan fingerprint density at radius 1 is 1.62 bits per heavy atom. The van der Waals surface area contributed by atoms with E-state index in [1.165, 1.54) is 0 Å². The molecule has 8 heavy (non-hydrogen) atoms. The highest BCUT2D eigenvalue weighted by Gasteiger charge is 1.86. The van der Waals surface area contributed by atoms with Gasteiger partial charge in [-0.1, -0.05) is 44.2 Å². The first-order valence-corrected chi connectivity index (χ1v) is 3.04. The lowest BCUT2D eigenvalue weighted by atomic mass is 10.2. The van der Waals surface area contributed by atoms with E-state index in [4.69, 9.17) is 11.6 Å². The monoisotopic (exact) mass is 130 g/mol. The Hall–Kier alpha value is -0.230.